The molecule has 0 heterocycles. The summed E-state index contributed by atoms with van der Waals surface area (Å²) < 4.78 is 33.6. The first-order valence-corrected chi connectivity index (χ1v) is 9.60. The van der Waals surface area contributed by atoms with Gasteiger partial charge in [0.05, 0.1) is 6.61 Å². The summed E-state index contributed by atoms with van der Waals surface area (Å²) in [6, 6.07) is 5.22. The molecule has 0 atom stereocenters. The second-order valence-electron chi connectivity index (χ2n) is 5.34. The molecule has 0 aliphatic heterocycles. The van der Waals surface area contributed by atoms with Crippen molar-refractivity contribution >= 4 is 26.0 Å². The molecule has 6 heteroatoms. The minimum Gasteiger partial charge on any atom is -0.492 e. The maximum atomic E-state index is 12.9. The normalized spacial score (nSPS) is 17.1. The maximum Gasteiger partial charge on any atom is 0.246 e. The number of benzene rings is 1. The van der Waals surface area contributed by atoms with Crippen molar-refractivity contribution in [2.45, 2.75) is 50.0 Å². The zero-order valence-electron chi connectivity index (χ0n) is 12.5. The third-order valence-electron chi connectivity index (χ3n) is 3.95. The first-order chi connectivity index (χ1) is 9.96. The average Bonchev–Trinajstić information content (AvgIpc) is 2.49. The van der Waals surface area contributed by atoms with Gasteiger partial charge in [-0.3, -0.25) is 0 Å². The van der Waals surface area contributed by atoms with Crippen LogP contribution in [0.15, 0.2) is 27.6 Å². The van der Waals surface area contributed by atoms with E-state index in [4.69, 9.17) is 4.74 Å². The van der Waals surface area contributed by atoms with Crippen LogP contribution < -0.4 is 4.74 Å². The van der Waals surface area contributed by atoms with E-state index in [0.29, 0.717) is 12.4 Å². The van der Waals surface area contributed by atoms with Crippen molar-refractivity contribution in [1.82, 2.24) is 4.31 Å². The number of rotatable bonds is 5. The lowest BCUT2D eigenvalue weighted by Crippen LogP contribution is -2.38. The van der Waals surface area contributed by atoms with Crippen molar-refractivity contribution in [3.8, 4) is 5.75 Å². The van der Waals surface area contributed by atoms with Gasteiger partial charge in [0.25, 0.3) is 0 Å². The van der Waals surface area contributed by atoms with Gasteiger partial charge >= 0.3 is 0 Å². The SMILES string of the molecule is CCOc1ccc(Br)cc1S(=O)(=O)N(C)C1CCCCC1. The van der Waals surface area contributed by atoms with Gasteiger partial charge in [0.15, 0.2) is 0 Å². The smallest absolute Gasteiger partial charge is 0.246 e. The highest BCUT2D eigenvalue weighted by Crippen LogP contribution is 2.32. The summed E-state index contributed by atoms with van der Waals surface area (Å²) >= 11 is 3.35. The van der Waals surface area contributed by atoms with Crippen LogP contribution in [0.2, 0.25) is 0 Å². The molecule has 1 aromatic rings. The van der Waals surface area contributed by atoms with Gasteiger partial charge in [0, 0.05) is 17.6 Å². The number of halogens is 1. The molecule has 0 radical (unpaired) electrons. The van der Waals surface area contributed by atoms with E-state index in [1.54, 1.807) is 25.2 Å². The number of hydrogen-bond acceptors (Lipinski definition) is 3. The molecule has 0 N–H and O–H groups in total. The molecular formula is C15H22BrNO3S. The van der Waals surface area contributed by atoms with Crippen LogP contribution in [0.1, 0.15) is 39.0 Å². The fourth-order valence-electron chi connectivity index (χ4n) is 2.75. The third kappa shape index (κ3) is 3.79. The second kappa shape index (κ2) is 7.11. The molecule has 0 unspecified atom stereocenters. The Morgan fingerprint density at radius 1 is 1.29 bits per heavy atom. The first kappa shape index (κ1) is 16.8. The fourth-order valence-corrected chi connectivity index (χ4v) is 4.84. The molecule has 1 aromatic carbocycles. The topological polar surface area (TPSA) is 46.6 Å². The first-order valence-electron chi connectivity index (χ1n) is 7.37. The summed E-state index contributed by atoms with van der Waals surface area (Å²) in [6.07, 6.45) is 5.27. The number of hydrogen-bond donors (Lipinski definition) is 0. The van der Waals surface area contributed by atoms with E-state index >= 15 is 0 Å². The van der Waals surface area contributed by atoms with Crippen molar-refractivity contribution in [2.75, 3.05) is 13.7 Å². The summed E-state index contributed by atoms with van der Waals surface area (Å²) in [5, 5.41) is 0. The Kier molecular flexibility index (Phi) is 5.68. The maximum absolute atomic E-state index is 12.9. The van der Waals surface area contributed by atoms with Crippen LogP contribution in [0, 0.1) is 0 Å². The average molecular weight is 376 g/mol. The van der Waals surface area contributed by atoms with Gasteiger partial charge in [0.1, 0.15) is 10.6 Å². The van der Waals surface area contributed by atoms with Crippen LogP contribution >= 0.6 is 15.9 Å². The summed E-state index contributed by atoms with van der Waals surface area (Å²) in [5.41, 5.74) is 0. The van der Waals surface area contributed by atoms with Crippen molar-refractivity contribution in [1.29, 1.82) is 0 Å². The fraction of sp³-hybridized carbons (Fsp3) is 0.600. The monoisotopic (exact) mass is 375 g/mol. The lowest BCUT2D eigenvalue weighted by molar-refractivity contribution is 0.283. The summed E-state index contributed by atoms with van der Waals surface area (Å²) in [7, 11) is -1.85. The van der Waals surface area contributed by atoms with Gasteiger partial charge < -0.3 is 4.74 Å². The van der Waals surface area contributed by atoms with Gasteiger partial charge in [-0.2, -0.15) is 4.31 Å². The molecule has 4 nitrogen and oxygen atoms in total. The Morgan fingerprint density at radius 3 is 2.57 bits per heavy atom. The van der Waals surface area contributed by atoms with E-state index in [0.717, 1.165) is 30.2 Å². The highest BCUT2D eigenvalue weighted by atomic mass is 79.9. The van der Waals surface area contributed by atoms with Crippen LogP contribution in [0.4, 0.5) is 0 Å². The van der Waals surface area contributed by atoms with Gasteiger partial charge in [-0.25, -0.2) is 8.42 Å². The second-order valence-corrected chi connectivity index (χ2v) is 8.22. The molecule has 2 rings (SSSR count). The Balaban J connectivity index is 2.35. The van der Waals surface area contributed by atoms with Crippen molar-refractivity contribution in [2.24, 2.45) is 0 Å². The van der Waals surface area contributed by atoms with E-state index in [9.17, 15) is 8.42 Å². The van der Waals surface area contributed by atoms with E-state index in [1.807, 2.05) is 6.92 Å². The standard InChI is InChI=1S/C15H22BrNO3S/c1-3-20-14-10-9-12(16)11-15(14)21(18,19)17(2)13-7-5-4-6-8-13/h9-11,13H,3-8H2,1-2H3. The Morgan fingerprint density at radius 2 is 1.95 bits per heavy atom. The molecule has 0 aromatic heterocycles. The summed E-state index contributed by atoms with van der Waals surface area (Å²) in [5.74, 6) is 0.420. The molecule has 1 fully saturated rings. The lowest BCUT2D eigenvalue weighted by Gasteiger charge is -2.30. The van der Waals surface area contributed by atoms with E-state index in [-0.39, 0.29) is 10.9 Å². The zero-order chi connectivity index (χ0) is 15.5. The Labute approximate surface area is 135 Å². The predicted molar refractivity (Wildman–Crippen MR) is 87.1 cm³/mol. The van der Waals surface area contributed by atoms with E-state index in [2.05, 4.69) is 15.9 Å². The number of nitrogens with zero attached hydrogens (tertiary/aromatic N) is 1. The minimum atomic E-state index is -3.54. The van der Waals surface area contributed by atoms with Crippen molar-refractivity contribution < 1.29 is 13.2 Å². The molecular weight excluding hydrogens is 354 g/mol. The van der Waals surface area contributed by atoms with E-state index in [1.165, 1.54) is 10.7 Å². The molecule has 1 aliphatic rings. The quantitative estimate of drug-likeness (QED) is 0.785. The Hall–Kier alpha value is -0.590. The molecule has 0 bridgehead atoms. The molecule has 21 heavy (non-hydrogen) atoms. The van der Waals surface area contributed by atoms with Crippen molar-refractivity contribution in [3.05, 3.63) is 22.7 Å². The van der Waals surface area contributed by atoms with Gasteiger partial charge in [0.2, 0.25) is 10.0 Å². The van der Waals surface area contributed by atoms with Crippen molar-refractivity contribution in [3.63, 3.8) is 0 Å². The number of sulfonamides is 1. The van der Waals surface area contributed by atoms with Gasteiger partial charge in [-0.15, -0.1) is 0 Å². The minimum absolute atomic E-state index is 0.0946. The molecule has 118 valence electrons. The number of ether oxygens (including phenoxy) is 1. The predicted octanol–water partition coefficient (Wildman–Crippen LogP) is 3.80. The van der Waals surface area contributed by atoms with Crippen LogP contribution in [0.5, 0.6) is 5.75 Å². The van der Waals surface area contributed by atoms with Crippen LogP contribution in [-0.4, -0.2) is 32.4 Å². The molecule has 0 spiro atoms. The molecule has 0 amide bonds. The van der Waals surface area contributed by atoms with Crippen LogP contribution in [0.3, 0.4) is 0 Å². The largest absolute Gasteiger partial charge is 0.492 e. The molecule has 1 aliphatic carbocycles. The highest BCUT2D eigenvalue weighted by molar-refractivity contribution is 9.10. The van der Waals surface area contributed by atoms with Gasteiger partial charge in [-0.1, -0.05) is 35.2 Å². The summed E-state index contributed by atoms with van der Waals surface area (Å²) in [4.78, 5) is 0.242. The van der Waals surface area contributed by atoms with Gasteiger partial charge in [-0.05, 0) is 38.0 Å². The molecule has 1 saturated carbocycles. The zero-order valence-corrected chi connectivity index (χ0v) is 14.9. The third-order valence-corrected chi connectivity index (χ3v) is 6.38. The Bertz CT molecular complexity index is 583. The van der Waals surface area contributed by atoms with Crippen LogP contribution in [-0.2, 0) is 10.0 Å². The highest BCUT2D eigenvalue weighted by Gasteiger charge is 2.31. The molecule has 0 saturated heterocycles. The van der Waals surface area contributed by atoms with E-state index < -0.39 is 10.0 Å². The van der Waals surface area contributed by atoms with Crippen LogP contribution in [0.25, 0.3) is 0 Å². The summed E-state index contributed by atoms with van der Waals surface area (Å²) in [6.45, 7) is 2.29. The lowest BCUT2D eigenvalue weighted by atomic mass is 9.96.